The van der Waals surface area contributed by atoms with Crippen LogP contribution in [0.25, 0.3) is 0 Å². The van der Waals surface area contributed by atoms with Crippen LogP contribution in [0.5, 0.6) is 0 Å². The molecule has 0 spiro atoms. The number of nitrogens with one attached hydrogen (secondary N) is 1. The molecule has 1 aliphatic carbocycles. The molecule has 104 valence electrons. The third-order valence-corrected chi connectivity index (χ3v) is 4.64. The highest BCUT2D eigenvalue weighted by Crippen LogP contribution is 2.42. The van der Waals surface area contributed by atoms with Gasteiger partial charge in [0, 0.05) is 6.54 Å². The predicted octanol–water partition coefficient (Wildman–Crippen LogP) is 2.76. The lowest BCUT2D eigenvalue weighted by Gasteiger charge is -2.42. The Morgan fingerprint density at radius 2 is 2.11 bits per heavy atom. The molecule has 1 N–H and O–H groups in total. The van der Waals surface area contributed by atoms with Crippen LogP contribution in [0.15, 0.2) is 0 Å². The van der Waals surface area contributed by atoms with E-state index >= 15 is 0 Å². The summed E-state index contributed by atoms with van der Waals surface area (Å²) in [6.07, 6.45) is 6.36. The Morgan fingerprint density at radius 3 is 2.56 bits per heavy atom. The van der Waals surface area contributed by atoms with Crippen LogP contribution in [0.3, 0.4) is 0 Å². The van der Waals surface area contributed by atoms with Gasteiger partial charge in [-0.2, -0.15) is 0 Å². The average Bonchev–Trinajstić information content (AvgIpc) is 2.56. The van der Waals surface area contributed by atoms with Crippen molar-refractivity contribution in [2.45, 2.75) is 72.0 Å². The quantitative estimate of drug-likeness (QED) is 0.816. The zero-order valence-corrected chi connectivity index (χ0v) is 12.3. The molecule has 2 atom stereocenters. The van der Waals surface area contributed by atoms with Crippen LogP contribution in [0.2, 0.25) is 0 Å². The topological polar surface area (TPSA) is 32.3 Å². The van der Waals surface area contributed by atoms with Crippen LogP contribution < -0.4 is 5.32 Å². The number of hydrogen-bond acceptors (Lipinski definition) is 2. The van der Waals surface area contributed by atoms with Gasteiger partial charge in [-0.25, -0.2) is 0 Å². The SMILES string of the molecule is CCCC1NC(C(C)C)C(=O)N1CC1(C)CCC1. The summed E-state index contributed by atoms with van der Waals surface area (Å²) in [6, 6.07) is 0.0326. The largest absolute Gasteiger partial charge is 0.325 e. The number of rotatable bonds is 5. The summed E-state index contributed by atoms with van der Waals surface area (Å²) in [6.45, 7) is 9.74. The molecule has 0 bridgehead atoms. The van der Waals surface area contributed by atoms with Crippen LogP contribution in [0, 0.1) is 11.3 Å². The molecule has 2 unspecified atom stereocenters. The molecule has 1 heterocycles. The van der Waals surface area contributed by atoms with E-state index in [0.29, 0.717) is 17.2 Å². The molecule has 3 nitrogen and oxygen atoms in total. The molecule has 18 heavy (non-hydrogen) atoms. The summed E-state index contributed by atoms with van der Waals surface area (Å²) >= 11 is 0. The molecule has 2 rings (SSSR count). The van der Waals surface area contributed by atoms with Crippen molar-refractivity contribution in [3.8, 4) is 0 Å². The van der Waals surface area contributed by atoms with Gasteiger partial charge in [-0.15, -0.1) is 0 Å². The second-order valence-corrected chi connectivity index (χ2v) is 6.82. The van der Waals surface area contributed by atoms with Gasteiger partial charge in [0.2, 0.25) is 5.91 Å². The first-order valence-corrected chi connectivity index (χ1v) is 7.53. The van der Waals surface area contributed by atoms with Gasteiger partial charge >= 0.3 is 0 Å². The summed E-state index contributed by atoms with van der Waals surface area (Å²) in [4.78, 5) is 14.6. The predicted molar refractivity (Wildman–Crippen MR) is 74.1 cm³/mol. The molecule has 1 aliphatic heterocycles. The second kappa shape index (κ2) is 5.20. The van der Waals surface area contributed by atoms with Gasteiger partial charge in [0.05, 0.1) is 12.2 Å². The zero-order chi connectivity index (χ0) is 13.3. The zero-order valence-electron chi connectivity index (χ0n) is 12.3. The fraction of sp³-hybridized carbons (Fsp3) is 0.933. The van der Waals surface area contributed by atoms with Crippen LogP contribution in [0.1, 0.15) is 59.8 Å². The molecular formula is C15H28N2O. The molecule has 2 aliphatic rings. The third kappa shape index (κ3) is 2.56. The first-order valence-electron chi connectivity index (χ1n) is 7.53. The van der Waals surface area contributed by atoms with Gasteiger partial charge in [0.1, 0.15) is 0 Å². The fourth-order valence-corrected chi connectivity index (χ4v) is 3.23. The van der Waals surface area contributed by atoms with Gasteiger partial charge < -0.3 is 4.90 Å². The number of hydrogen-bond donors (Lipinski definition) is 1. The minimum Gasteiger partial charge on any atom is -0.325 e. The van der Waals surface area contributed by atoms with Crippen molar-refractivity contribution in [1.82, 2.24) is 10.2 Å². The summed E-state index contributed by atoms with van der Waals surface area (Å²) < 4.78 is 0. The molecule has 1 saturated heterocycles. The lowest BCUT2D eigenvalue weighted by molar-refractivity contribution is -0.133. The Morgan fingerprint density at radius 1 is 1.44 bits per heavy atom. The number of amides is 1. The maximum absolute atomic E-state index is 12.5. The second-order valence-electron chi connectivity index (χ2n) is 6.82. The highest BCUT2D eigenvalue weighted by Gasteiger charge is 2.44. The van der Waals surface area contributed by atoms with Crippen molar-refractivity contribution in [2.24, 2.45) is 11.3 Å². The van der Waals surface area contributed by atoms with E-state index in [1.54, 1.807) is 0 Å². The third-order valence-electron chi connectivity index (χ3n) is 4.64. The molecule has 1 saturated carbocycles. The standard InChI is InChI=1S/C15H28N2O/c1-5-7-12-16-13(11(2)3)14(18)17(12)10-15(4)8-6-9-15/h11-13,16H,5-10H2,1-4H3. The van der Waals surface area contributed by atoms with Gasteiger partial charge in [-0.3, -0.25) is 10.1 Å². The van der Waals surface area contributed by atoms with Crippen molar-refractivity contribution >= 4 is 5.91 Å². The molecule has 2 fully saturated rings. The average molecular weight is 252 g/mol. The summed E-state index contributed by atoms with van der Waals surface area (Å²) in [7, 11) is 0. The maximum atomic E-state index is 12.5. The van der Waals surface area contributed by atoms with Gasteiger partial charge in [-0.1, -0.05) is 40.5 Å². The van der Waals surface area contributed by atoms with Gasteiger partial charge in [-0.05, 0) is 30.6 Å². The monoisotopic (exact) mass is 252 g/mol. The Bertz CT molecular complexity index is 310. The van der Waals surface area contributed by atoms with E-state index in [1.165, 1.54) is 19.3 Å². The van der Waals surface area contributed by atoms with Crippen LogP contribution in [0.4, 0.5) is 0 Å². The summed E-state index contributed by atoms with van der Waals surface area (Å²) in [5, 5.41) is 3.54. The normalized spacial score (nSPS) is 30.9. The molecule has 3 heteroatoms. The van der Waals surface area contributed by atoms with Crippen molar-refractivity contribution < 1.29 is 4.79 Å². The summed E-state index contributed by atoms with van der Waals surface area (Å²) in [5.41, 5.74) is 0.384. The first-order chi connectivity index (χ1) is 8.47. The number of nitrogens with zero attached hydrogens (tertiary/aromatic N) is 1. The van der Waals surface area contributed by atoms with E-state index in [0.717, 1.165) is 19.4 Å². The van der Waals surface area contributed by atoms with Crippen molar-refractivity contribution in [3.63, 3.8) is 0 Å². The number of carbonyl (C=O) groups is 1. The lowest BCUT2D eigenvalue weighted by Crippen LogP contribution is -2.46. The van der Waals surface area contributed by atoms with E-state index in [-0.39, 0.29) is 12.2 Å². The smallest absolute Gasteiger partial charge is 0.241 e. The van der Waals surface area contributed by atoms with Crippen LogP contribution >= 0.6 is 0 Å². The van der Waals surface area contributed by atoms with Crippen molar-refractivity contribution in [2.75, 3.05) is 6.54 Å². The molecule has 1 amide bonds. The van der Waals surface area contributed by atoms with Gasteiger partial charge in [0.25, 0.3) is 0 Å². The lowest BCUT2D eigenvalue weighted by atomic mass is 9.70. The van der Waals surface area contributed by atoms with E-state index in [1.807, 2.05) is 0 Å². The Balaban J connectivity index is 2.06. The molecule has 0 aromatic heterocycles. The Kier molecular flexibility index (Phi) is 4.00. The van der Waals surface area contributed by atoms with Crippen LogP contribution in [-0.2, 0) is 4.79 Å². The molecule has 0 radical (unpaired) electrons. The number of carbonyl (C=O) groups excluding carboxylic acids is 1. The fourth-order valence-electron chi connectivity index (χ4n) is 3.23. The maximum Gasteiger partial charge on any atom is 0.241 e. The van der Waals surface area contributed by atoms with E-state index < -0.39 is 0 Å². The highest BCUT2D eigenvalue weighted by atomic mass is 16.2. The first kappa shape index (κ1) is 13.9. The van der Waals surface area contributed by atoms with E-state index in [2.05, 4.69) is 37.9 Å². The minimum absolute atomic E-state index is 0.0326. The molecule has 0 aromatic carbocycles. The molecule has 0 aromatic rings. The van der Waals surface area contributed by atoms with Crippen molar-refractivity contribution in [1.29, 1.82) is 0 Å². The van der Waals surface area contributed by atoms with Gasteiger partial charge in [0.15, 0.2) is 0 Å². The van der Waals surface area contributed by atoms with Crippen LogP contribution in [-0.4, -0.2) is 29.6 Å². The Hall–Kier alpha value is -0.570. The van der Waals surface area contributed by atoms with E-state index in [4.69, 9.17) is 0 Å². The summed E-state index contributed by atoms with van der Waals surface area (Å²) in [5.74, 6) is 0.715. The molecular weight excluding hydrogens is 224 g/mol. The minimum atomic E-state index is 0.0326. The Labute approximate surface area is 111 Å². The van der Waals surface area contributed by atoms with Crippen molar-refractivity contribution in [3.05, 3.63) is 0 Å². The van der Waals surface area contributed by atoms with E-state index in [9.17, 15) is 4.79 Å². The highest BCUT2D eigenvalue weighted by molar-refractivity contribution is 5.84.